The van der Waals surface area contributed by atoms with E-state index in [9.17, 15) is 29.4 Å². The zero-order valence-electron chi connectivity index (χ0n) is 39.2. The van der Waals surface area contributed by atoms with Gasteiger partial charge in [0, 0.05) is 26.2 Å². The minimum atomic E-state index is -2.00. The van der Waals surface area contributed by atoms with Crippen molar-refractivity contribution in [3.63, 3.8) is 0 Å². The molecule has 4 rings (SSSR count). The molecule has 0 aliphatic rings. The van der Waals surface area contributed by atoms with Crippen molar-refractivity contribution in [2.75, 3.05) is 88.8 Å². The molecule has 72 heavy (non-hydrogen) atoms. The highest BCUT2D eigenvalue weighted by molar-refractivity contribution is 6.32. The Labute approximate surface area is 424 Å². The van der Waals surface area contributed by atoms with Crippen LogP contribution < -0.4 is 65.1 Å². The first-order chi connectivity index (χ1) is 34.5. The molecule has 2 unspecified atom stereocenters. The van der Waals surface area contributed by atoms with E-state index in [1.165, 1.54) is 0 Å². The van der Waals surface area contributed by atoms with E-state index < -0.39 is 35.8 Å². The van der Waals surface area contributed by atoms with Gasteiger partial charge < -0.3 is 74.2 Å². The van der Waals surface area contributed by atoms with Crippen molar-refractivity contribution >= 4 is 82.0 Å². The molecule has 4 aromatic rings. The molecule has 0 radical (unpaired) electrons. The number of aliphatic imine (C=N–C) groups is 2. The number of aliphatic hydroxyl groups is 2. The molecule has 28 heteroatoms. The second kappa shape index (κ2) is 30.4. The normalized spacial score (nSPS) is 12.4. The Hall–Kier alpha value is -7.36. The molecule has 4 amide bonds. The monoisotopic (exact) mass is 1040 g/mol. The van der Waals surface area contributed by atoms with Gasteiger partial charge in [0.25, 0.3) is 23.6 Å². The third kappa shape index (κ3) is 20.2. The quantitative estimate of drug-likeness (QED) is 0.0185. The van der Waals surface area contributed by atoms with Crippen LogP contribution in [0.4, 0.5) is 23.3 Å². The van der Waals surface area contributed by atoms with Crippen LogP contribution in [-0.2, 0) is 31.9 Å². The molecule has 390 valence electrons. The number of hydrogen-bond acceptors (Lipinski definition) is 20. The number of guanidine groups is 2. The van der Waals surface area contributed by atoms with E-state index in [4.69, 9.17) is 76.6 Å². The molecule has 2 aromatic heterocycles. The number of rotatable bonds is 29. The first-order valence-electron chi connectivity index (χ1n) is 22.4. The average Bonchev–Trinajstić information content (AvgIpc) is 3.35. The standard InChI is InChI=1S/C44H60Cl2N16O10/c45-33-37(49)59-35(47)29(57-33)39(65)61-43(51)55-15-3-1-5-25-7-11-27(12-8-25)71-23-21-69-19-17-53-41(67)31(63)32(64)42(68)54-18-20-70-22-24-72-28-13-9-26(10-14-28)6-2-4-16-56-44(52)62-40(66)30-36(48)60-38(50)34(46)58-30/h7-14,31-32,63-64H,1-6,15-24H2,(H,53,67)(H,54,68)(H4,47,49,59)(H4,48,50,60)(H3,51,55,61,65)(H3,52,56,62,66). The zero-order valence-corrected chi connectivity index (χ0v) is 40.7. The van der Waals surface area contributed by atoms with Gasteiger partial charge in [-0.2, -0.15) is 0 Å². The van der Waals surface area contributed by atoms with Crippen LogP contribution in [0.1, 0.15) is 57.8 Å². The Bertz CT molecular complexity index is 2300. The number of nitrogens with two attached hydrogens (primary N) is 6. The van der Waals surface area contributed by atoms with Gasteiger partial charge in [0.1, 0.15) is 24.7 Å². The van der Waals surface area contributed by atoms with Gasteiger partial charge >= 0.3 is 0 Å². The van der Waals surface area contributed by atoms with E-state index in [-0.39, 0.29) is 110 Å². The smallest absolute Gasteiger partial charge is 0.280 e. The number of anilines is 4. The van der Waals surface area contributed by atoms with Gasteiger partial charge in [0.2, 0.25) is 0 Å². The lowest BCUT2D eigenvalue weighted by Gasteiger charge is -2.17. The average molecular weight is 1040 g/mol. The first kappa shape index (κ1) is 57.2. The largest absolute Gasteiger partial charge is 0.491 e. The number of carbonyl (C=O) groups excluding carboxylic acids is 4. The highest BCUT2D eigenvalue weighted by Gasteiger charge is 2.30. The van der Waals surface area contributed by atoms with Gasteiger partial charge in [-0.3, -0.25) is 39.8 Å². The summed E-state index contributed by atoms with van der Waals surface area (Å²) >= 11 is 11.6. The summed E-state index contributed by atoms with van der Waals surface area (Å²) < 4.78 is 22.3. The Morgan fingerprint density at radius 3 is 1.29 bits per heavy atom. The summed E-state index contributed by atoms with van der Waals surface area (Å²) in [6.45, 7) is 1.89. The van der Waals surface area contributed by atoms with Gasteiger partial charge in [0.05, 0.1) is 26.4 Å². The molecule has 2 atom stereocenters. The van der Waals surface area contributed by atoms with Gasteiger partial charge in [-0.15, -0.1) is 0 Å². The van der Waals surface area contributed by atoms with E-state index >= 15 is 0 Å². The van der Waals surface area contributed by atoms with Crippen molar-refractivity contribution < 1.29 is 48.3 Å². The molecular weight excluding hydrogens is 983 g/mol. The van der Waals surface area contributed by atoms with Crippen molar-refractivity contribution in [3.05, 3.63) is 81.4 Å². The summed E-state index contributed by atoms with van der Waals surface area (Å²) in [5, 5.41) is 29.6. The van der Waals surface area contributed by atoms with Crippen molar-refractivity contribution in [1.29, 1.82) is 0 Å². The van der Waals surface area contributed by atoms with Crippen LogP contribution in [0.2, 0.25) is 10.3 Å². The maximum atomic E-state index is 12.3. The van der Waals surface area contributed by atoms with Gasteiger partial charge in [-0.1, -0.05) is 47.5 Å². The Morgan fingerprint density at radius 1 is 0.542 bits per heavy atom. The maximum Gasteiger partial charge on any atom is 0.280 e. The molecule has 0 spiro atoms. The van der Waals surface area contributed by atoms with Crippen molar-refractivity contribution in [2.24, 2.45) is 21.5 Å². The topological polar surface area (TPSA) is 426 Å². The summed E-state index contributed by atoms with van der Waals surface area (Å²) in [5.41, 5.74) is 35.8. The highest BCUT2D eigenvalue weighted by Crippen LogP contribution is 2.19. The molecule has 18 N–H and O–H groups in total. The molecule has 0 fully saturated rings. The Morgan fingerprint density at radius 2 is 0.917 bits per heavy atom. The lowest BCUT2D eigenvalue weighted by atomic mass is 10.1. The van der Waals surface area contributed by atoms with E-state index in [2.05, 4.69) is 51.2 Å². The molecule has 26 nitrogen and oxygen atoms in total. The summed E-state index contributed by atoms with van der Waals surface area (Å²) in [7, 11) is 0. The van der Waals surface area contributed by atoms with Gasteiger partial charge in [-0.25, -0.2) is 19.9 Å². The molecule has 0 saturated heterocycles. The number of unbranched alkanes of at least 4 members (excludes halogenated alkanes) is 2. The van der Waals surface area contributed by atoms with Crippen LogP contribution in [-0.4, -0.2) is 144 Å². The van der Waals surface area contributed by atoms with E-state index in [0.717, 1.165) is 36.8 Å². The molecule has 2 heterocycles. The number of carbonyl (C=O) groups is 4. The van der Waals surface area contributed by atoms with Gasteiger partial charge in [0.15, 0.2) is 69.1 Å². The van der Waals surface area contributed by atoms with E-state index in [1.807, 2.05) is 48.5 Å². The summed E-state index contributed by atoms with van der Waals surface area (Å²) in [4.78, 5) is 72.7. The van der Waals surface area contributed by atoms with Crippen LogP contribution in [0.15, 0.2) is 58.5 Å². The van der Waals surface area contributed by atoms with Crippen molar-refractivity contribution in [1.82, 2.24) is 41.2 Å². The van der Waals surface area contributed by atoms with Crippen molar-refractivity contribution in [3.8, 4) is 11.5 Å². The molecule has 0 bridgehead atoms. The van der Waals surface area contributed by atoms with Crippen molar-refractivity contribution in [2.45, 2.75) is 50.7 Å². The number of aromatic nitrogens is 4. The molecule has 2 aromatic carbocycles. The fraction of sp³-hybridized carbons (Fsp3) is 0.409. The van der Waals surface area contributed by atoms with E-state index in [0.29, 0.717) is 37.4 Å². The number of benzene rings is 2. The molecular formula is C44H60Cl2N16O10. The minimum Gasteiger partial charge on any atom is -0.491 e. The third-order valence-electron chi connectivity index (χ3n) is 9.80. The highest BCUT2D eigenvalue weighted by atomic mass is 35.5. The Balaban J connectivity index is 0.953. The number of aryl methyl sites for hydroxylation is 2. The number of halogens is 2. The van der Waals surface area contributed by atoms with Crippen LogP contribution >= 0.6 is 23.2 Å². The third-order valence-corrected chi connectivity index (χ3v) is 10.4. The second-order valence-corrected chi connectivity index (χ2v) is 16.0. The lowest BCUT2D eigenvalue weighted by Crippen LogP contribution is -2.50. The van der Waals surface area contributed by atoms with Crippen LogP contribution in [0.25, 0.3) is 0 Å². The summed E-state index contributed by atoms with van der Waals surface area (Å²) in [6.07, 6.45) is 0.601. The number of nitrogen functional groups attached to an aromatic ring is 4. The van der Waals surface area contributed by atoms with Crippen LogP contribution in [0, 0.1) is 0 Å². The number of nitrogens with one attached hydrogen (secondary N) is 4. The van der Waals surface area contributed by atoms with Crippen LogP contribution in [0.3, 0.4) is 0 Å². The number of nitrogens with zero attached hydrogens (tertiary/aromatic N) is 6. The zero-order chi connectivity index (χ0) is 52.4. The fourth-order valence-electron chi connectivity index (χ4n) is 6.06. The molecule has 0 aliphatic carbocycles. The predicted molar refractivity (Wildman–Crippen MR) is 269 cm³/mol. The number of hydrogen-bond donors (Lipinski definition) is 12. The van der Waals surface area contributed by atoms with E-state index in [1.54, 1.807) is 0 Å². The number of amides is 4. The fourth-order valence-corrected chi connectivity index (χ4v) is 6.32. The lowest BCUT2D eigenvalue weighted by molar-refractivity contribution is -0.146. The molecule has 0 aliphatic heterocycles. The number of aliphatic hydroxyl groups excluding tert-OH is 2. The first-order valence-corrected chi connectivity index (χ1v) is 23.2. The SMILES string of the molecule is NC(=NCCCCc1ccc(OCCOCCNC(=O)C(O)C(O)C(=O)NCCOCCOc2ccc(CCCCN=C(N)NC(=O)c3nc(Cl)c(N)nc3N)cc2)cc1)NC(=O)c1nc(Cl)c(N)nc1N. The molecule has 0 saturated carbocycles. The minimum absolute atomic E-state index is 0.0186. The number of ether oxygens (including phenoxy) is 4. The summed E-state index contributed by atoms with van der Waals surface area (Å²) in [5.74, 6) is -2.78. The Kier molecular flexibility index (Phi) is 24.2. The van der Waals surface area contributed by atoms with Crippen LogP contribution in [0.5, 0.6) is 11.5 Å². The maximum absolute atomic E-state index is 12.3. The summed E-state index contributed by atoms with van der Waals surface area (Å²) in [6, 6.07) is 15.1. The second-order valence-electron chi connectivity index (χ2n) is 15.3. The van der Waals surface area contributed by atoms with Gasteiger partial charge in [-0.05, 0) is 73.9 Å². The predicted octanol–water partition coefficient (Wildman–Crippen LogP) is -0.518.